The van der Waals surface area contributed by atoms with Gasteiger partial charge >= 0.3 is 0 Å². The molecule has 0 aliphatic carbocycles. The van der Waals surface area contributed by atoms with E-state index < -0.39 is 0 Å². The number of aliphatic hydroxyl groups is 1. The quantitative estimate of drug-likeness (QED) is 0.539. The van der Waals surface area contributed by atoms with Crippen molar-refractivity contribution in [3.8, 4) is 5.75 Å². The van der Waals surface area contributed by atoms with Crippen molar-refractivity contribution in [2.45, 2.75) is 38.5 Å². The molecule has 0 bridgehead atoms. The fraction of sp³-hybridized carbons (Fsp3) is 0.500. The average molecular weight is 236 g/mol. The van der Waals surface area contributed by atoms with Crippen molar-refractivity contribution >= 4 is 5.78 Å². The van der Waals surface area contributed by atoms with Gasteiger partial charge in [0.1, 0.15) is 5.75 Å². The minimum absolute atomic E-state index is 0.00487. The zero-order chi connectivity index (χ0) is 12.5. The van der Waals surface area contributed by atoms with Crippen molar-refractivity contribution in [1.82, 2.24) is 0 Å². The highest BCUT2D eigenvalue weighted by molar-refractivity contribution is 5.98. The summed E-state index contributed by atoms with van der Waals surface area (Å²) in [7, 11) is 0. The molecule has 3 nitrogen and oxygen atoms in total. The van der Waals surface area contributed by atoms with Crippen LogP contribution in [0.5, 0.6) is 5.75 Å². The number of phenolic OH excluding ortho intramolecular Hbond substituents is 1. The Morgan fingerprint density at radius 3 is 2.35 bits per heavy atom. The molecule has 94 valence electrons. The van der Waals surface area contributed by atoms with E-state index in [1.807, 2.05) is 0 Å². The van der Waals surface area contributed by atoms with Crippen LogP contribution in [0.2, 0.25) is 0 Å². The largest absolute Gasteiger partial charge is 0.507 e. The smallest absolute Gasteiger partial charge is 0.166 e. The number of hydrogen-bond donors (Lipinski definition) is 2. The molecule has 1 aromatic carbocycles. The van der Waals surface area contributed by atoms with Crippen LogP contribution >= 0.6 is 0 Å². The zero-order valence-electron chi connectivity index (χ0n) is 10.1. The van der Waals surface area contributed by atoms with Crippen LogP contribution < -0.4 is 0 Å². The van der Waals surface area contributed by atoms with Crippen LogP contribution in [0.3, 0.4) is 0 Å². The fourth-order valence-electron chi connectivity index (χ4n) is 1.77. The number of benzene rings is 1. The van der Waals surface area contributed by atoms with Crippen molar-refractivity contribution in [2.24, 2.45) is 0 Å². The molecule has 1 rings (SSSR count). The van der Waals surface area contributed by atoms with Crippen molar-refractivity contribution in [2.75, 3.05) is 6.61 Å². The SMILES string of the molecule is O=C(CCCCCCCO)c1ccccc1O. The molecule has 0 aliphatic heterocycles. The van der Waals surface area contributed by atoms with Gasteiger partial charge in [-0.2, -0.15) is 0 Å². The van der Waals surface area contributed by atoms with E-state index in [1.165, 1.54) is 6.07 Å². The lowest BCUT2D eigenvalue weighted by molar-refractivity contribution is 0.0976. The van der Waals surface area contributed by atoms with Gasteiger partial charge in [0.25, 0.3) is 0 Å². The van der Waals surface area contributed by atoms with Crippen LogP contribution in [-0.4, -0.2) is 22.6 Å². The summed E-state index contributed by atoms with van der Waals surface area (Å²) in [5.74, 6) is 0.0723. The maximum atomic E-state index is 11.8. The van der Waals surface area contributed by atoms with Gasteiger partial charge in [-0.3, -0.25) is 4.79 Å². The number of phenols is 1. The van der Waals surface area contributed by atoms with Crippen molar-refractivity contribution in [1.29, 1.82) is 0 Å². The lowest BCUT2D eigenvalue weighted by atomic mass is 10.0. The van der Waals surface area contributed by atoms with Gasteiger partial charge in [-0.15, -0.1) is 0 Å². The van der Waals surface area contributed by atoms with Gasteiger partial charge in [0.05, 0.1) is 5.56 Å². The molecule has 17 heavy (non-hydrogen) atoms. The lowest BCUT2D eigenvalue weighted by Gasteiger charge is -2.03. The van der Waals surface area contributed by atoms with Gasteiger partial charge in [-0.25, -0.2) is 0 Å². The number of para-hydroxylation sites is 1. The highest BCUT2D eigenvalue weighted by atomic mass is 16.3. The predicted octanol–water partition coefficient (Wildman–Crippen LogP) is 2.91. The number of carbonyl (C=O) groups is 1. The van der Waals surface area contributed by atoms with Crippen molar-refractivity contribution in [3.05, 3.63) is 29.8 Å². The number of hydrogen-bond acceptors (Lipinski definition) is 3. The summed E-state index contributed by atoms with van der Waals surface area (Å²) in [5.41, 5.74) is 0.419. The summed E-state index contributed by atoms with van der Waals surface area (Å²) in [6.07, 6.45) is 5.23. The molecule has 0 aliphatic rings. The Bertz CT molecular complexity index is 347. The molecule has 0 amide bonds. The molecule has 0 fully saturated rings. The highest BCUT2D eigenvalue weighted by Gasteiger charge is 2.09. The van der Waals surface area contributed by atoms with Crippen molar-refractivity contribution < 1.29 is 15.0 Å². The fourth-order valence-corrected chi connectivity index (χ4v) is 1.77. The predicted molar refractivity (Wildman–Crippen MR) is 67.2 cm³/mol. The number of carbonyl (C=O) groups excluding carboxylic acids is 1. The Morgan fingerprint density at radius 1 is 1.00 bits per heavy atom. The standard InChI is InChI=1S/C14H20O3/c15-11-7-3-1-2-4-9-13(16)12-8-5-6-10-14(12)17/h5-6,8,10,15,17H,1-4,7,9,11H2. The third-order valence-corrected chi connectivity index (χ3v) is 2.77. The zero-order valence-corrected chi connectivity index (χ0v) is 10.1. The van der Waals surface area contributed by atoms with E-state index in [4.69, 9.17) is 5.11 Å². The van der Waals surface area contributed by atoms with Gasteiger partial charge < -0.3 is 10.2 Å². The molecule has 0 saturated carbocycles. The Hall–Kier alpha value is -1.35. The number of rotatable bonds is 8. The Balaban J connectivity index is 2.24. The molecule has 0 radical (unpaired) electrons. The first-order valence-electron chi connectivity index (χ1n) is 6.17. The second-order valence-electron chi connectivity index (χ2n) is 4.18. The number of ketones is 1. The molecule has 0 atom stereocenters. The van der Waals surface area contributed by atoms with Crippen LogP contribution in [0, 0.1) is 0 Å². The van der Waals surface area contributed by atoms with Crippen LogP contribution in [0.4, 0.5) is 0 Å². The van der Waals surface area contributed by atoms with E-state index in [2.05, 4.69) is 0 Å². The minimum atomic E-state index is 0.00487. The molecule has 1 aromatic rings. The Labute approximate surface area is 102 Å². The maximum absolute atomic E-state index is 11.8. The summed E-state index contributed by atoms with van der Waals surface area (Å²) < 4.78 is 0. The summed E-state index contributed by atoms with van der Waals surface area (Å²) >= 11 is 0. The summed E-state index contributed by atoms with van der Waals surface area (Å²) in [4.78, 5) is 11.8. The molecule has 3 heteroatoms. The first-order valence-corrected chi connectivity index (χ1v) is 6.17. The van der Waals surface area contributed by atoms with Crippen LogP contribution in [-0.2, 0) is 0 Å². The molecule has 0 unspecified atom stereocenters. The third-order valence-electron chi connectivity index (χ3n) is 2.77. The van der Waals surface area contributed by atoms with E-state index in [-0.39, 0.29) is 18.1 Å². The van der Waals surface area contributed by atoms with E-state index in [0.717, 1.165) is 32.1 Å². The average Bonchev–Trinajstić information content (AvgIpc) is 2.34. The second-order valence-corrected chi connectivity index (χ2v) is 4.18. The molecular weight excluding hydrogens is 216 g/mol. The Kier molecular flexibility index (Phi) is 6.33. The second kappa shape index (κ2) is 7.85. The number of aromatic hydroxyl groups is 1. The minimum Gasteiger partial charge on any atom is -0.507 e. The van der Waals surface area contributed by atoms with Gasteiger partial charge in [0, 0.05) is 13.0 Å². The topological polar surface area (TPSA) is 57.5 Å². The number of aliphatic hydroxyl groups excluding tert-OH is 1. The number of unbranched alkanes of at least 4 members (excludes halogenated alkanes) is 4. The molecular formula is C14H20O3. The first kappa shape index (κ1) is 13.7. The van der Waals surface area contributed by atoms with Crippen LogP contribution in [0.15, 0.2) is 24.3 Å². The molecule has 0 aromatic heterocycles. The van der Waals surface area contributed by atoms with Gasteiger partial charge in [0.2, 0.25) is 0 Å². The monoisotopic (exact) mass is 236 g/mol. The van der Waals surface area contributed by atoms with Gasteiger partial charge in [-0.1, -0.05) is 31.4 Å². The third kappa shape index (κ3) is 5.00. The van der Waals surface area contributed by atoms with Crippen molar-refractivity contribution in [3.63, 3.8) is 0 Å². The Morgan fingerprint density at radius 2 is 1.65 bits per heavy atom. The maximum Gasteiger partial charge on any atom is 0.166 e. The summed E-state index contributed by atoms with van der Waals surface area (Å²) in [5, 5.41) is 18.1. The summed E-state index contributed by atoms with van der Waals surface area (Å²) in [6.45, 7) is 0.247. The molecule has 2 N–H and O–H groups in total. The normalized spacial score (nSPS) is 10.4. The summed E-state index contributed by atoms with van der Waals surface area (Å²) in [6, 6.07) is 6.66. The molecule has 0 saturated heterocycles. The first-order chi connectivity index (χ1) is 8.25. The lowest BCUT2D eigenvalue weighted by Crippen LogP contribution is -1.99. The molecule has 0 spiro atoms. The van der Waals surface area contributed by atoms with E-state index >= 15 is 0 Å². The van der Waals surface area contributed by atoms with Crippen LogP contribution in [0.25, 0.3) is 0 Å². The van der Waals surface area contributed by atoms with E-state index in [9.17, 15) is 9.90 Å². The van der Waals surface area contributed by atoms with E-state index in [0.29, 0.717) is 12.0 Å². The van der Waals surface area contributed by atoms with E-state index in [1.54, 1.807) is 18.2 Å². The van der Waals surface area contributed by atoms with Gasteiger partial charge in [0.15, 0.2) is 5.78 Å². The van der Waals surface area contributed by atoms with Gasteiger partial charge in [-0.05, 0) is 25.0 Å². The highest BCUT2D eigenvalue weighted by Crippen LogP contribution is 2.18. The van der Waals surface area contributed by atoms with Crippen LogP contribution in [0.1, 0.15) is 48.9 Å². The number of Topliss-reactive ketones (excluding diaryl/α,β-unsaturated/α-hetero) is 1. The molecule has 0 heterocycles.